The van der Waals surface area contributed by atoms with Crippen LogP contribution in [0.4, 0.5) is 4.79 Å². The Morgan fingerprint density at radius 2 is 1.96 bits per heavy atom. The van der Waals surface area contributed by atoms with Gasteiger partial charge >= 0.3 is 0 Å². The summed E-state index contributed by atoms with van der Waals surface area (Å²) in [4.78, 5) is 26.8. The number of rotatable bonds is 4. The molecule has 4 nitrogen and oxygen atoms in total. The SMILES string of the molecule is O=C1S/C(=C/c2ccc(-c3ccc(Br)c(Cl)c3)o2)C(=O)N1CC1CCCCC1. The average molecular weight is 481 g/mol. The van der Waals surface area contributed by atoms with Gasteiger partial charge in [0.15, 0.2) is 0 Å². The molecule has 0 N–H and O–H groups in total. The number of nitrogens with zero attached hydrogens (tertiary/aromatic N) is 1. The Hall–Kier alpha value is -1.50. The molecule has 0 radical (unpaired) electrons. The predicted octanol–water partition coefficient (Wildman–Crippen LogP) is 6.98. The molecule has 2 heterocycles. The lowest BCUT2D eigenvalue weighted by Gasteiger charge is -2.25. The molecule has 0 unspecified atom stereocenters. The Bertz CT molecular complexity index is 949. The first-order chi connectivity index (χ1) is 13.5. The van der Waals surface area contributed by atoms with Crippen LogP contribution in [0.3, 0.4) is 0 Å². The van der Waals surface area contributed by atoms with E-state index < -0.39 is 0 Å². The Balaban J connectivity index is 1.49. The second-order valence-corrected chi connectivity index (χ2v) is 9.38. The minimum absolute atomic E-state index is 0.187. The van der Waals surface area contributed by atoms with Crippen molar-refractivity contribution in [1.29, 1.82) is 0 Å². The summed E-state index contributed by atoms with van der Waals surface area (Å²) in [6.07, 6.45) is 7.46. The lowest BCUT2D eigenvalue weighted by Crippen LogP contribution is -2.34. The summed E-state index contributed by atoms with van der Waals surface area (Å²) in [7, 11) is 0. The summed E-state index contributed by atoms with van der Waals surface area (Å²) in [6, 6.07) is 9.19. The van der Waals surface area contributed by atoms with Crippen molar-refractivity contribution < 1.29 is 14.0 Å². The quantitative estimate of drug-likeness (QED) is 0.443. The molecule has 28 heavy (non-hydrogen) atoms. The van der Waals surface area contributed by atoms with E-state index >= 15 is 0 Å². The van der Waals surface area contributed by atoms with Crippen LogP contribution in [0.5, 0.6) is 0 Å². The van der Waals surface area contributed by atoms with Crippen molar-refractivity contribution in [1.82, 2.24) is 4.90 Å². The van der Waals surface area contributed by atoms with Gasteiger partial charge in [-0.3, -0.25) is 14.5 Å². The Kier molecular flexibility index (Phi) is 5.99. The molecule has 2 aromatic rings. The van der Waals surface area contributed by atoms with Crippen molar-refractivity contribution in [2.45, 2.75) is 32.1 Å². The highest BCUT2D eigenvalue weighted by molar-refractivity contribution is 9.10. The van der Waals surface area contributed by atoms with E-state index in [2.05, 4.69) is 15.9 Å². The molecule has 1 saturated heterocycles. The van der Waals surface area contributed by atoms with Gasteiger partial charge in [-0.25, -0.2) is 0 Å². The van der Waals surface area contributed by atoms with Crippen LogP contribution in [-0.2, 0) is 4.79 Å². The van der Waals surface area contributed by atoms with E-state index in [1.54, 1.807) is 12.1 Å². The van der Waals surface area contributed by atoms with E-state index in [9.17, 15) is 9.59 Å². The molecule has 0 spiro atoms. The van der Waals surface area contributed by atoms with Crippen molar-refractivity contribution >= 4 is 56.5 Å². The lowest BCUT2D eigenvalue weighted by atomic mass is 9.89. The van der Waals surface area contributed by atoms with Crippen molar-refractivity contribution in [3.05, 3.63) is 50.5 Å². The monoisotopic (exact) mass is 479 g/mol. The van der Waals surface area contributed by atoms with E-state index in [0.29, 0.717) is 33.9 Å². The smallest absolute Gasteiger partial charge is 0.293 e. The zero-order chi connectivity index (χ0) is 19.7. The number of imide groups is 1. The minimum atomic E-state index is -0.217. The Morgan fingerprint density at radius 1 is 1.18 bits per heavy atom. The van der Waals surface area contributed by atoms with E-state index in [4.69, 9.17) is 16.0 Å². The van der Waals surface area contributed by atoms with Crippen LogP contribution in [0.1, 0.15) is 37.9 Å². The molecular weight excluding hydrogens is 462 g/mol. The van der Waals surface area contributed by atoms with Gasteiger partial charge in [-0.1, -0.05) is 36.9 Å². The number of thioether (sulfide) groups is 1. The molecule has 1 aliphatic carbocycles. The van der Waals surface area contributed by atoms with Crippen LogP contribution in [0.25, 0.3) is 17.4 Å². The van der Waals surface area contributed by atoms with Gasteiger partial charge in [-0.15, -0.1) is 0 Å². The third kappa shape index (κ3) is 4.24. The third-order valence-corrected chi connectivity index (χ3v) is 7.28. The molecule has 146 valence electrons. The Labute approximate surface area is 181 Å². The minimum Gasteiger partial charge on any atom is -0.457 e. The maximum Gasteiger partial charge on any atom is 0.293 e. The fourth-order valence-electron chi connectivity index (χ4n) is 3.65. The molecule has 1 saturated carbocycles. The number of hydrogen-bond acceptors (Lipinski definition) is 4. The standard InChI is InChI=1S/C21H19BrClNO3S/c22-16-8-6-14(10-17(16)23)18-9-7-15(27-18)11-19-20(25)24(21(26)28-19)12-13-4-2-1-3-5-13/h6-11,13H,1-5,12H2/b19-11+. The van der Waals surface area contributed by atoms with Gasteiger partial charge in [0.05, 0.1) is 9.93 Å². The third-order valence-electron chi connectivity index (χ3n) is 5.14. The highest BCUT2D eigenvalue weighted by Crippen LogP contribution is 2.36. The van der Waals surface area contributed by atoms with Crippen LogP contribution >= 0.6 is 39.3 Å². The van der Waals surface area contributed by atoms with Crippen LogP contribution in [0, 0.1) is 5.92 Å². The fourth-order valence-corrected chi connectivity index (χ4v) is 4.90. The molecule has 2 aliphatic rings. The summed E-state index contributed by atoms with van der Waals surface area (Å²) >= 11 is 10.5. The first-order valence-electron chi connectivity index (χ1n) is 9.32. The van der Waals surface area contributed by atoms with Crippen LogP contribution < -0.4 is 0 Å². The molecule has 1 aliphatic heterocycles. The molecule has 1 aromatic heterocycles. The zero-order valence-corrected chi connectivity index (χ0v) is 18.3. The van der Waals surface area contributed by atoms with Crippen LogP contribution in [-0.4, -0.2) is 22.6 Å². The summed E-state index contributed by atoms with van der Waals surface area (Å²) in [5.74, 6) is 1.41. The van der Waals surface area contributed by atoms with E-state index in [1.165, 1.54) is 24.2 Å². The highest BCUT2D eigenvalue weighted by atomic mass is 79.9. The first-order valence-corrected chi connectivity index (χ1v) is 11.3. The van der Waals surface area contributed by atoms with Gasteiger partial charge in [-0.05, 0) is 70.7 Å². The van der Waals surface area contributed by atoms with Gasteiger partial charge < -0.3 is 4.42 Å². The molecule has 1 aromatic carbocycles. The largest absolute Gasteiger partial charge is 0.457 e. The van der Waals surface area contributed by atoms with Gasteiger partial charge in [-0.2, -0.15) is 0 Å². The second-order valence-electron chi connectivity index (χ2n) is 7.13. The molecule has 7 heteroatoms. The summed E-state index contributed by atoms with van der Waals surface area (Å²) in [5, 5.41) is 0.410. The molecule has 0 atom stereocenters. The second kappa shape index (κ2) is 8.47. The first kappa shape index (κ1) is 19.8. The molecule has 2 amide bonds. The molecule has 4 rings (SSSR count). The van der Waals surface area contributed by atoms with E-state index in [0.717, 1.165) is 34.6 Å². The van der Waals surface area contributed by atoms with Crippen molar-refractivity contribution in [3.63, 3.8) is 0 Å². The molecule has 0 bridgehead atoms. The van der Waals surface area contributed by atoms with Crippen molar-refractivity contribution in [2.24, 2.45) is 5.92 Å². The van der Waals surface area contributed by atoms with E-state index in [-0.39, 0.29) is 11.1 Å². The number of halogens is 2. The normalized spacial score (nSPS) is 19.8. The van der Waals surface area contributed by atoms with Gasteiger partial charge in [0.2, 0.25) is 0 Å². The molecular formula is C21H19BrClNO3S. The maximum absolute atomic E-state index is 12.7. The predicted molar refractivity (Wildman–Crippen MR) is 116 cm³/mol. The number of carbonyl (C=O) groups is 2. The van der Waals surface area contributed by atoms with Crippen LogP contribution in [0.2, 0.25) is 5.02 Å². The highest BCUT2D eigenvalue weighted by Gasteiger charge is 2.36. The Morgan fingerprint density at radius 3 is 2.71 bits per heavy atom. The number of amides is 2. The fraction of sp³-hybridized carbons (Fsp3) is 0.333. The van der Waals surface area contributed by atoms with Gasteiger partial charge in [0.25, 0.3) is 11.1 Å². The number of furan rings is 1. The average Bonchev–Trinajstić information content (AvgIpc) is 3.25. The number of hydrogen-bond donors (Lipinski definition) is 0. The lowest BCUT2D eigenvalue weighted by molar-refractivity contribution is -0.123. The zero-order valence-electron chi connectivity index (χ0n) is 15.1. The summed E-state index contributed by atoms with van der Waals surface area (Å²) < 4.78 is 6.67. The topological polar surface area (TPSA) is 50.5 Å². The van der Waals surface area contributed by atoms with E-state index in [1.807, 2.05) is 24.3 Å². The van der Waals surface area contributed by atoms with Crippen LogP contribution in [0.15, 0.2) is 44.1 Å². The number of benzene rings is 1. The summed E-state index contributed by atoms with van der Waals surface area (Å²) in [6.45, 7) is 0.531. The number of carbonyl (C=O) groups excluding carboxylic acids is 2. The van der Waals surface area contributed by atoms with Gasteiger partial charge in [0, 0.05) is 22.7 Å². The maximum atomic E-state index is 12.7. The van der Waals surface area contributed by atoms with Crippen molar-refractivity contribution in [3.8, 4) is 11.3 Å². The van der Waals surface area contributed by atoms with Crippen molar-refractivity contribution in [2.75, 3.05) is 6.54 Å². The van der Waals surface area contributed by atoms with Gasteiger partial charge in [0.1, 0.15) is 11.5 Å². The summed E-state index contributed by atoms with van der Waals surface area (Å²) in [5.41, 5.74) is 0.846. The molecule has 2 fully saturated rings.